The summed E-state index contributed by atoms with van der Waals surface area (Å²) in [5.41, 5.74) is 5.58. The van der Waals surface area contributed by atoms with Crippen LogP contribution in [-0.4, -0.2) is 8.42 Å². The molecule has 0 amide bonds. The summed E-state index contributed by atoms with van der Waals surface area (Å²) in [4.78, 5) is 2.03. The number of halogens is 1. The van der Waals surface area contributed by atoms with Crippen LogP contribution in [0.15, 0.2) is 29.2 Å². The van der Waals surface area contributed by atoms with Gasteiger partial charge in [0.2, 0.25) is 10.0 Å². The fraction of sp³-hybridized carbons (Fsp3) is 0.231. The predicted molar refractivity (Wildman–Crippen MR) is 78.6 cm³/mol. The fourth-order valence-corrected chi connectivity index (χ4v) is 3.97. The number of nitrogens with one attached hydrogen (secondary N) is 1. The van der Waals surface area contributed by atoms with E-state index in [-0.39, 0.29) is 17.1 Å². The lowest BCUT2D eigenvalue weighted by Crippen LogP contribution is -2.23. The van der Waals surface area contributed by atoms with E-state index in [0.29, 0.717) is 5.56 Å². The van der Waals surface area contributed by atoms with Crippen LogP contribution in [0, 0.1) is 19.7 Å². The van der Waals surface area contributed by atoms with Gasteiger partial charge in [0.1, 0.15) is 5.82 Å². The molecule has 4 nitrogen and oxygen atoms in total. The first-order chi connectivity index (χ1) is 9.29. The van der Waals surface area contributed by atoms with E-state index >= 15 is 0 Å². The van der Waals surface area contributed by atoms with Crippen molar-refractivity contribution in [3.05, 3.63) is 45.4 Å². The molecule has 0 bridgehead atoms. The van der Waals surface area contributed by atoms with Crippen molar-refractivity contribution in [3.63, 3.8) is 0 Å². The topological polar surface area (TPSA) is 72.2 Å². The van der Waals surface area contributed by atoms with Crippen LogP contribution < -0.4 is 10.5 Å². The smallest absolute Gasteiger partial charge is 0.241 e. The molecule has 2 aromatic rings. The highest BCUT2D eigenvalue weighted by Crippen LogP contribution is 2.22. The summed E-state index contributed by atoms with van der Waals surface area (Å²) in [5.74, 6) is -0.615. The lowest BCUT2D eigenvalue weighted by molar-refractivity contribution is 0.580. The van der Waals surface area contributed by atoms with Crippen molar-refractivity contribution in [2.75, 3.05) is 5.73 Å². The third kappa shape index (κ3) is 3.17. The van der Waals surface area contributed by atoms with Crippen LogP contribution in [0.3, 0.4) is 0 Å². The molecule has 7 heteroatoms. The summed E-state index contributed by atoms with van der Waals surface area (Å²) in [6, 6.07) is 6.07. The van der Waals surface area contributed by atoms with Gasteiger partial charge >= 0.3 is 0 Å². The molecule has 0 atom stereocenters. The molecular weight excluding hydrogens is 299 g/mol. The van der Waals surface area contributed by atoms with Crippen LogP contribution in [-0.2, 0) is 16.6 Å². The van der Waals surface area contributed by atoms with Gasteiger partial charge in [0.05, 0.1) is 10.6 Å². The molecule has 0 saturated carbocycles. The molecule has 0 unspecified atom stereocenters. The van der Waals surface area contributed by atoms with E-state index in [4.69, 9.17) is 5.73 Å². The van der Waals surface area contributed by atoms with Crippen LogP contribution in [0.2, 0.25) is 0 Å². The zero-order chi connectivity index (χ0) is 14.9. The molecule has 1 aromatic heterocycles. The molecule has 3 N–H and O–H groups in total. The number of sulfonamides is 1. The monoisotopic (exact) mass is 314 g/mol. The van der Waals surface area contributed by atoms with Crippen molar-refractivity contribution in [3.8, 4) is 0 Å². The molecular formula is C13H15FN2O2S2. The number of rotatable bonds is 4. The number of hydrogen-bond donors (Lipinski definition) is 2. The van der Waals surface area contributed by atoms with Gasteiger partial charge in [-0.3, -0.25) is 0 Å². The van der Waals surface area contributed by atoms with Crippen LogP contribution in [0.5, 0.6) is 0 Å². The summed E-state index contributed by atoms with van der Waals surface area (Å²) in [5, 5.41) is 0. The molecule has 0 aliphatic carbocycles. The van der Waals surface area contributed by atoms with Gasteiger partial charge < -0.3 is 5.73 Å². The molecule has 108 valence electrons. The summed E-state index contributed by atoms with van der Waals surface area (Å²) >= 11 is 1.52. The number of nitrogen functional groups attached to an aromatic ring is 1. The molecule has 0 fully saturated rings. The Morgan fingerprint density at radius 2 is 2.00 bits per heavy atom. The maximum absolute atomic E-state index is 13.3. The van der Waals surface area contributed by atoms with E-state index in [1.165, 1.54) is 18.3 Å². The van der Waals surface area contributed by atoms with E-state index in [1.54, 1.807) is 0 Å². The predicted octanol–water partition coefficient (Wildman–Crippen LogP) is 2.56. The van der Waals surface area contributed by atoms with Gasteiger partial charge in [0.15, 0.2) is 0 Å². The fourth-order valence-electron chi connectivity index (χ4n) is 1.78. The Hall–Kier alpha value is -1.44. The first-order valence-electron chi connectivity index (χ1n) is 5.90. The molecule has 20 heavy (non-hydrogen) atoms. The third-order valence-electron chi connectivity index (χ3n) is 2.82. The lowest BCUT2D eigenvalue weighted by Gasteiger charge is -2.10. The normalized spacial score (nSPS) is 11.8. The van der Waals surface area contributed by atoms with Gasteiger partial charge in [-0.05, 0) is 43.7 Å². The minimum absolute atomic E-state index is 0.00433. The van der Waals surface area contributed by atoms with Gasteiger partial charge in [-0.2, -0.15) is 0 Å². The number of benzene rings is 1. The summed E-state index contributed by atoms with van der Waals surface area (Å²) in [7, 11) is -3.71. The van der Waals surface area contributed by atoms with Crippen LogP contribution in [0.25, 0.3) is 0 Å². The number of anilines is 1. The summed E-state index contributed by atoms with van der Waals surface area (Å²) in [6.45, 7) is 3.69. The van der Waals surface area contributed by atoms with Crippen molar-refractivity contribution < 1.29 is 12.8 Å². The molecule has 1 aromatic carbocycles. The molecule has 0 spiro atoms. The van der Waals surface area contributed by atoms with Gasteiger partial charge in [-0.15, -0.1) is 11.3 Å². The summed E-state index contributed by atoms with van der Waals surface area (Å²) in [6.07, 6.45) is 0. The van der Waals surface area contributed by atoms with Gasteiger partial charge in [-0.1, -0.05) is 0 Å². The van der Waals surface area contributed by atoms with E-state index in [9.17, 15) is 12.8 Å². The van der Waals surface area contributed by atoms with Crippen molar-refractivity contribution in [2.45, 2.75) is 25.3 Å². The number of thiophene rings is 1. The van der Waals surface area contributed by atoms with E-state index in [2.05, 4.69) is 4.72 Å². The zero-order valence-electron chi connectivity index (χ0n) is 11.1. The molecule has 0 saturated heterocycles. The standard InChI is InChI=1S/C13H15FN2O2S2/c1-8-5-11(14)12(15)6-13(8)20(17,18)16-7-10-4-3-9(2)19-10/h3-6,16H,7,15H2,1-2H3. The quantitative estimate of drug-likeness (QED) is 0.852. The van der Waals surface area contributed by atoms with Gasteiger partial charge in [0, 0.05) is 16.3 Å². The average Bonchev–Trinajstić information content (AvgIpc) is 2.77. The van der Waals surface area contributed by atoms with Crippen molar-refractivity contribution in [2.24, 2.45) is 0 Å². The van der Waals surface area contributed by atoms with Gasteiger partial charge in [0.25, 0.3) is 0 Å². The molecule has 1 heterocycles. The third-order valence-corrected chi connectivity index (χ3v) is 5.36. The Bertz CT molecular complexity index is 739. The van der Waals surface area contributed by atoms with Crippen LogP contribution in [0.4, 0.5) is 10.1 Å². The first kappa shape index (κ1) is 15.0. The van der Waals surface area contributed by atoms with Gasteiger partial charge in [-0.25, -0.2) is 17.5 Å². The Labute approximate surface area is 121 Å². The van der Waals surface area contributed by atoms with E-state index in [0.717, 1.165) is 21.9 Å². The second kappa shape index (κ2) is 5.51. The average molecular weight is 314 g/mol. The SMILES string of the molecule is Cc1ccc(CNS(=O)(=O)c2cc(N)c(F)cc2C)s1. The summed E-state index contributed by atoms with van der Waals surface area (Å²) < 4.78 is 40.2. The Balaban J connectivity index is 2.24. The molecule has 0 aliphatic heterocycles. The van der Waals surface area contributed by atoms with Crippen molar-refractivity contribution in [1.82, 2.24) is 4.72 Å². The Morgan fingerprint density at radius 3 is 2.60 bits per heavy atom. The van der Waals surface area contributed by atoms with E-state index in [1.807, 2.05) is 19.1 Å². The van der Waals surface area contributed by atoms with Crippen molar-refractivity contribution >= 4 is 27.0 Å². The Kier molecular flexibility index (Phi) is 4.12. The number of nitrogens with two attached hydrogens (primary N) is 1. The van der Waals surface area contributed by atoms with Crippen molar-refractivity contribution in [1.29, 1.82) is 0 Å². The number of aryl methyl sites for hydroxylation is 2. The number of hydrogen-bond acceptors (Lipinski definition) is 4. The molecule has 0 radical (unpaired) electrons. The second-order valence-electron chi connectivity index (χ2n) is 4.48. The Morgan fingerprint density at radius 1 is 1.30 bits per heavy atom. The maximum atomic E-state index is 13.3. The minimum atomic E-state index is -3.71. The molecule has 2 rings (SSSR count). The minimum Gasteiger partial charge on any atom is -0.396 e. The van der Waals surface area contributed by atoms with Crippen LogP contribution in [0.1, 0.15) is 15.3 Å². The highest BCUT2D eigenvalue weighted by molar-refractivity contribution is 7.89. The maximum Gasteiger partial charge on any atom is 0.241 e. The lowest BCUT2D eigenvalue weighted by atomic mass is 10.2. The second-order valence-corrected chi connectivity index (χ2v) is 7.58. The zero-order valence-corrected chi connectivity index (χ0v) is 12.7. The highest BCUT2D eigenvalue weighted by atomic mass is 32.2. The molecule has 0 aliphatic rings. The van der Waals surface area contributed by atoms with Crippen LogP contribution >= 0.6 is 11.3 Å². The first-order valence-corrected chi connectivity index (χ1v) is 8.20. The van der Waals surface area contributed by atoms with E-state index < -0.39 is 15.8 Å². The highest BCUT2D eigenvalue weighted by Gasteiger charge is 2.18. The largest absolute Gasteiger partial charge is 0.396 e.